The molecule has 0 saturated carbocycles. The smallest absolute Gasteiger partial charge is 0.330 e. The highest BCUT2D eigenvalue weighted by atomic mass is 16.4. The molecule has 1 rings (SSSR count). The van der Waals surface area contributed by atoms with Crippen LogP contribution in [0.15, 0.2) is 24.4 Å². The topological polar surface area (TPSA) is 105 Å². The highest BCUT2D eigenvalue weighted by Gasteiger charge is 2.20. The van der Waals surface area contributed by atoms with Crippen LogP contribution in [-0.4, -0.2) is 28.0 Å². The third-order valence-corrected chi connectivity index (χ3v) is 1.72. The van der Waals surface area contributed by atoms with Gasteiger partial charge in [0.25, 0.3) is 0 Å². The van der Waals surface area contributed by atoms with Crippen molar-refractivity contribution in [2.45, 2.75) is 12.6 Å². The first-order chi connectivity index (χ1) is 7.11. The number of nitrogens with zero attached hydrogens (tertiary/aromatic N) is 1. The van der Waals surface area contributed by atoms with E-state index >= 15 is 0 Å². The van der Waals surface area contributed by atoms with Gasteiger partial charge in [0.2, 0.25) is 5.91 Å². The Balaban J connectivity index is 2.44. The van der Waals surface area contributed by atoms with Crippen LogP contribution in [0.2, 0.25) is 0 Å². The van der Waals surface area contributed by atoms with Gasteiger partial charge in [-0.25, -0.2) is 4.79 Å². The van der Waals surface area contributed by atoms with Crippen molar-refractivity contribution in [3.8, 4) is 0 Å². The van der Waals surface area contributed by atoms with Crippen LogP contribution in [0.1, 0.15) is 5.69 Å². The quantitative estimate of drug-likeness (QED) is 0.558. The van der Waals surface area contributed by atoms with E-state index in [0.717, 1.165) is 0 Å². The molecule has 1 aromatic heterocycles. The number of aromatic nitrogens is 1. The minimum atomic E-state index is -1.53. The summed E-state index contributed by atoms with van der Waals surface area (Å²) in [6.07, 6.45) is 1.58. The summed E-state index contributed by atoms with van der Waals surface area (Å²) in [6.45, 7) is 0.167. The summed E-state index contributed by atoms with van der Waals surface area (Å²) in [5.74, 6) is -2.08. The fourth-order valence-corrected chi connectivity index (χ4v) is 0.902. The molecule has 1 amide bonds. The van der Waals surface area contributed by atoms with Crippen LogP contribution in [0, 0.1) is 0 Å². The van der Waals surface area contributed by atoms with Gasteiger partial charge in [-0.2, -0.15) is 0 Å². The molecule has 6 heteroatoms. The molecule has 0 fully saturated rings. The van der Waals surface area contributed by atoms with Crippen LogP contribution in [-0.2, 0) is 16.1 Å². The van der Waals surface area contributed by atoms with Crippen molar-refractivity contribution in [3.63, 3.8) is 0 Å². The molecular weight excluding hydrogens is 198 g/mol. The third-order valence-electron chi connectivity index (χ3n) is 1.72. The van der Waals surface area contributed by atoms with Crippen LogP contribution in [0.3, 0.4) is 0 Å². The lowest BCUT2D eigenvalue weighted by Crippen LogP contribution is -2.45. The van der Waals surface area contributed by atoms with Gasteiger partial charge in [0, 0.05) is 6.20 Å². The molecule has 0 aromatic carbocycles. The average molecular weight is 209 g/mol. The van der Waals surface area contributed by atoms with E-state index in [0.29, 0.717) is 5.69 Å². The number of carbonyl (C=O) groups is 2. The van der Waals surface area contributed by atoms with Gasteiger partial charge in [-0.3, -0.25) is 9.78 Å². The number of carbonyl (C=O) groups excluding carboxylic acids is 1. The van der Waals surface area contributed by atoms with E-state index in [-0.39, 0.29) is 6.54 Å². The van der Waals surface area contributed by atoms with Gasteiger partial charge < -0.3 is 16.2 Å². The lowest BCUT2D eigenvalue weighted by molar-refractivity contribution is -0.142. The molecule has 0 spiro atoms. The second kappa shape index (κ2) is 5.06. The predicted octanol–water partition coefficient (Wildman–Crippen LogP) is -0.890. The maximum atomic E-state index is 11.1. The Morgan fingerprint density at radius 2 is 2.27 bits per heavy atom. The fraction of sp³-hybridized carbons (Fsp3) is 0.222. The molecule has 15 heavy (non-hydrogen) atoms. The molecule has 4 N–H and O–H groups in total. The molecule has 0 aliphatic heterocycles. The molecule has 1 atom stereocenters. The van der Waals surface area contributed by atoms with Gasteiger partial charge in [-0.15, -0.1) is 0 Å². The van der Waals surface area contributed by atoms with E-state index in [1.165, 1.54) is 0 Å². The molecule has 0 saturated heterocycles. The Morgan fingerprint density at radius 3 is 2.80 bits per heavy atom. The summed E-state index contributed by atoms with van der Waals surface area (Å²) >= 11 is 0. The van der Waals surface area contributed by atoms with Crippen molar-refractivity contribution in [1.82, 2.24) is 10.3 Å². The van der Waals surface area contributed by atoms with Crippen molar-refractivity contribution in [3.05, 3.63) is 30.1 Å². The molecule has 0 radical (unpaired) electrons. The van der Waals surface area contributed by atoms with E-state index in [9.17, 15) is 9.59 Å². The summed E-state index contributed by atoms with van der Waals surface area (Å²) in [5.41, 5.74) is 5.73. The van der Waals surface area contributed by atoms with Gasteiger partial charge in [-0.05, 0) is 12.1 Å². The summed E-state index contributed by atoms with van der Waals surface area (Å²) < 4.78 is 0. The normalized spacial score (nSPS) is 11.8. The lowest BCUT2D eigenvalue weighted by atomic mass is 10.3. The zero-order valence-electron chi connectivity index (χ0n) is 7.88. The van der Waals surface area contributed by atoms with Crippen LogP contribution in [0.4, 0.5) is 0 Å². The Morgan fingerprint density at radius 1 is 1.53 bits per heavy atom. The van der Waals surface area contributed by atoms with Crippen molar-refractivity contribution in [2.24, 2.45) is 5.73 Å². The highest BCUT2D eigenvalue weighted by molar-refractivity contribution is 6.00. The largest absolute Gasteiger partial charge is 0.480 e. The predicted molar refractivity (Wildman–Crippen MR) is 51.7 cm³/mol. The number of hydrogen-bond acceptors (Lipinski definition) is 4. The van der Waals surface area contributed by atoms with Crippen molar-refractivity contribution in [2.75, 3.05) is 0 Å². The Labute approximate surface area is 86.1 Å². The summed E-state index contributed by atoms with van der Waals surface area (Å²) in [6, 6.07) is 3.70. The average Bonchev–Trinajstić information content (AvgIpc) is 2.26. The SMILES string of the molecule is NC(C(=O)O)C(=O)NCc1ccccn1. The highest BCUT2D eigenvalue weighted by Crippen LogP contribution is 1.92. The molecule has 0 aliphatic carbocycles. The van der Waals surface area contributed by atoms with Crippen LogP contribution >= 0.6 is 0 Å². The number of aliphatic carboxylic acids is 1. The van der Waals surface area contributed by atoms with E-state index in [1.807, 2.05) is 0 Å². The van der Waals surface area contributed by atoms with E-state index in [1.54, 1.807) is 24.4 Å². The van der Waals surface area contributed by atoms with Crippen LogP contribution in [0.5, 0.6) is 0 Å². The monoisotopic (exact) mass is 209 g/mol. The van der Waals surface area contributed by atoms with Gasteiger partial charge in [0.15, 0.2) is 6.04 Å². The van der Waals surface area contributed by atoms with Crippen molar-refractivity contribution >= 4 is 11.9 Å². The second-order valence-electron chi connectivity index (χ2n) is 2.85. The first-order valence-electron chi connectivity index (χ1n) is 4.27. The Bertz CT molecular complexity index is 353. The molecular formula is C9H11N3O3. The summed E-state index contributed by atoms with van der Waals surface area (Å²) in [5, 5.41) is 10.8. The molecule has 1 unspecified atom stereocenters. The van der Waals surface area contributed by atoms with Crippen LogP contribution < -0.4 is 11.1 Å². The van der Waals surface area contributed by atoms with E-state index in [4.69, 9.17) is 10.8 Å². The van der Waals surface area contributed by atoms with Crippen molar-refractivity contribution < 1.29 is 14.7 Å². The summed E-state index contributed by atoms with van der Waals surface area (Å²) in [7, 11) is 0. The van der Waals surface area contributed by atoms with Crippen LogP contribution in [0.25, 0.3) is 0 Å². The summed E-state index contributed by atoms with van der Waals surface area (Å²) in [4.78, 5) is 25.4. The first-order valence-corrected chi connectivity index (χ1v) is 4.27. The number of carboxylic acid groups (broad SMARTS) is 1. The minimum absolute atomic E-state index is 0.167. The fourth-order valence-electron chi connectivity index (χ4n) is 0.902. The second-order valence-corrected chi connectivity index (χ2v) is 2.85. The zero-order valence-corrected chi connectivity index (χ0v) is 7.88. The number of carboxylic acids is 1. The molecule has 1 aromatic rings. The maximum absolute atomic E-state index is 11.1. The number of pyridine rings is 1. The minimum Gasteiger partial charge on any atom is -0.480 e. The number of nitrogens with two attached hydrogens (primary N) is 1. The number of hydrogen-bond donors (Lipinski definition) is 3. The molecule has 0 aliphatic rings. The Kier molecular flexibility index (Phi) is 3.75. The van der Waals surface area contributed by atoms with Gasteiger partial charge >= 0.3 is 5.97 Å². The molecule has 6 nitrogen and oxygen atoms in total. The standard InChI is InChI=1S/C9H11N3O3/c10-7(9(14)15)8(13)12-5-6-3-1-2-4-11-6/h1-4,7H,5,10H2,(H,12,13)(H,14,15). The van der Waals surface area contributed by atoms with E-state index < -0.39 is 17.9 Å². The maximum Gasteiger partial charge on any atom is 0.330 e. The molecule has 80 valence electrons. The number of rotatable bonds is 4. The molecule has 0 bridgehead atoms. The molecule has 1 heterocycles. The van der Waals surface area contributed by atoms with Crippen molar-refractivity contribution in [1.29, 1.82) is 0 Å². The van der Waals surface area contributed by atoms with E-state index in [2.05, 4.69) is 10.3 Å². The zero-order chi connectivity index (χ0) is 11.3. The first kappa shape index (κ1) is 11.1. The van der Waals surface area contributed by atoms with Gasteiger partial charge in [0.1, 0.15) is 0 Å². The third kappa shape index (κ3) is 3.35. The lowest BCUT2D eigenvalue weighted by Gasteiger charge is -2.07. The number of nitrogens with one attached hydrogen (secondary N) is 1. The van der Waals surface area contributed by atoms with Gasteiger partial charge in [-0.1, -0.05) is 6.07 Å². The Hall–Kier alpha value is -1.95. The number of amides is 1. The van der Waals surface area contributed by atoms with Gasteiger partial charge in [0.05, 0.1) is 12.2 Å².